The number of carbonyl (C=O) groups is 1. The Kier molecular flexibility index (Phi) is 5.40. The molecular formula is C13H26N2O2. The monoisotopic (exact) mass is 242 g/mol. The predicted octanol–water partition coefficient (Wildman–Crippen LogP) is 1.21. The van der Waals surface area contributed by atoms with Gasteiger partial charge in [0.1, 0.15) is 0 Å². The first-order chi connectivity index (χ1) is 7.97. The first kappa shape index (κ1) is 14.5. The maximum Gasteiger partial charge on any atom is 0.309 e. The Hall–Kier alpha value is -0.610. The standard InChI is InChI=1S/C13H26N2O2/c1-10(13(16)17-5)11(2)15-8-6-7-12(9-15)14(3)4/h10-12H,6-9H2,1-5H3. The quantitative estimate of drug-likeness (QED) is 0.694. The molecule has 17 heavy (non-hydrogen) atoms. The van der Waals surface area contributed by atoms with Crippen molar-refractivity contribution in [2.45, 2.75) is 38.8 Å². The predicted molar refractivity (Wildman–Crippen MR) is 68.9 cm³/mol. The Bertz CT molecular complexity index is 256. The number of methoxy groups -OCH3 is 1. The molecule has 3 unspecified atom stereocenters. The molecule has 4 heteroatoms. The lowest BCUT2D eigenvalue weighted by molar-refractivity contribution is -0.147. The minimum atomic E-state index is -0.107. The van der Waals surface area contributed by atoms with Crippen molar-refractivity contribution in [1.29, 1.82) is 0 Å². The Morgan fingerprint density at radius 2 is 2.06 bits per heavy atom. The van der Waals surface area contributed by atoms with E-state index in [1.54, 1.807) is 0 Å². The van der Waals surface area contributed by atoms with Gasteiger partial charge in [-0.1, -0.05) is 6.92 Å². The summed E-state index contributed by atoms with van der Waals surface area (Å²) in [5.41, 5.74) is 0. The fourth-order valence-electron chi connectivity index (χ4n) is 2.47. The SMILES string of the molecule is COC(=O)C(C)C(C)N1CCCC(N(C)C)C1. The van der Waals surface area contributed by atoms with E-state index in [2.05, 4.69) is 30.8 Å². The number of hydrogen-bond donors (Lipinski definition) is 0. The van der Waals surface area contributed by atoms with Gasteiger partial charge in [-0.2, -0.15) is 0 Å². The van der Waals surface area contributed by atoms with Crippen LogP contribution in [0.5, 0.6) is 0 Å². The van der Waals surface area contributed by atoms with E-state index >= 15 is 0 Å². The van der Waals surface area contributed by atoms with Crippen molar-refractivity contribution in [2.24, 2.45) is 5.92 Å². The molecule has 1 rings (SSSR count). The summed E-state index contributed by atoms with van der Waals surface area (Å²) in [7, 11) is 5.72. The van der Waals surface area contributed by atoms with Gasteiger partial charge in [-0.25, -0.2) is 0 Å². The average molecular weight is 242 g/mol. The van der Waals surface area contributed by atoms with Gasteiger partial charge in [0.15, 0.2) is 0 Å². The van der Waals surface area contributed by atoms with E-state index in [1.807, 2.05) is 6.92 Å². The summed E-state index contributed by atoms with van der Waals surface area (Å²) in [5.74, 6) is -0.162. The molecule has 0 aromatic carbocycles. The molecule has 0 amide bonds. The van der Waals surface area contributed by atoms with Gasteiger partial charge < -0.3 is 9.64 Å². The molecule has 0 aromatic heterocycles. The van der Waals surface area contributed by atoms with Crippen LogP contribution in [0.3, 0.4) is 0 Å². The molecule has 1 aliphatic heterocycles. The molecule has 1 aliphatic rings. The van der Waals surface area contributed by atoms with Crippen LogP contribution in [0.15, 0.2) is 0 Å². The molecule has 0 N–H and O–H groups in total. The van der Waals surface area contributed by atoms with E-state index in [0.29, 0.717) is 6.04 Å². The normalized spacial score (nSPS) is 25.6. The average Bonchev–Trinajstić information content (AvgIpc) is 2.36. The zero-order valence-corrected chi connectivity index (χ0v) is 11.8. The highest BCUT2D eigenvalue weighted by atomic mass is 16.5. The topological polar surface area (TPSA) is 32.8 Å². The minimum absolute atomic E-state index is 0.0547. The summed E-state index contributed by atoms with van der Waals surface area (Å²) in [6.07, 6.45) is 2.46. The summed E-state index contributed by atoms with van der Waals surface area (Å²) in [6, 6.07) is 0.862. The summed E-state index contributed by atoms with van der Waals surface area (Å²) < 4.78 is 4.82. The van der Waals surface area contributed by atoms with Crippen molar-refractivity contribution in [2.75, 3.05) is 34.3 Å². The number of likely N-dealkylation sites (tertiary alicyclic amines) is 1. The zero-order chi connectivity index (χ0) is 13.0. The maximum absolute atomic E-state index is 11.6. The van der Waals surface area contributed by atoms with Gasteiger partial charge in [0.05, 0.1) is 13.0 Å². The van der Waals surface area contributed by atoms with Crippen molar-refractivity contribution in [1.82, 2.24) is 9.80 Å². The van der Waals surface area contributed by atoms with Crippen LogP contribution in [0.25, 0.3) is 0 Å². The molecule has 3 atom stereocenters. The molecule has 0 aromatic rings. The number of nitrogens with zero attached hydrogens (tertiary/aromatic N) is 2. The fourth-order valence-corrected chi connectivity index (χ4v) is 2.47. The summed E-state index contributed by atoms with van der Waals surface area (Å²) in [4.78, 5) is 16.2. The minimum Gasteiger partial charge on any atom is -0.469 e. The Labute approximate surface area is 105 Å². The fraction of sp³-hybridized carbons (Fsp3) is 0.923. The first-order valence-electron chi connectivity index (χ1n) is 6.45. The van der Waals surface area contributed by atoms with Gasteiger partial charge in [0.2, 0.25) is 0 Å². The van der Waals surface area contributed by atoms with Crippen molar-refractivity contribution in [3.63, 3.8) is 0 Å². The van der Waals surface area contributed by atoms with Crippen LogP contribution in [-0.4, -0.2) is 62.1 Å². The number of rotatable bonds is 4. The largest absolute Gasteiger partial charge is 0.469 e. The van der Waals surface area contributed by atoms with E-state index in [4.69, 9.17) is 4.74 Å². The third kappa shape index (κ3) is 3.68. The highest BCUT2D eigenvalue weighted by Crippen LogP contribution is 2.20. The van der Waals surface area contributed by atoms with Crippen LogP contribution in [0.2, 0.25) is 0 Å². The van der Waals surface area contributed by atoms with Crippen LogP contribution >= 0.6 is 0 Å². The van der Waals surface area contributed by atoms with E-state index < -0.39 is 0 Å². The van der Waals surface area contributed by atoms with Gasteiger partial charge in [0, 0.05) is 18.6 Å². The highest BCUT2D eigenvalue weighted by Gasteiger charge is 2.30. The van der Waals surface area contributed by atoms with Gasteiger partial charge in [0.25, 0.3) is 0 Å². The van der Waals surface area contributed by atoms with Gasteiger partial charge >= 0.3 is 5.97 Å². The molecule has 1 fully saturated rings. The summed E-state index contributed by atoms with van der Waals surface area (Å²) >= 11 is 0. The van der Waals surface area contributed by atoms with Crippen LogP contribution in [0, 0.1) is 5.92 Å². The lowest BCUT2D eigenvalue weighted by Crippen LogP contribution is -2.51. The smallest absolute Gasteiger partial charge is 0.309 e. The molecule has 0 spiro atoms. The van der Waals surface area contributed by atoms with Crippen molar-refractivity contribution in [3.05, 3.63) is 0 Å². The number of piperidine rings is 1. The van der Waals surface area contributed by atoms with E-state index in [-0.39, 0.29) is 17.9 Å². The Balaban J connectivity index is 2.56. The maximum atomic E-state index is 11.6. The van der Waals surface area contributed by atoms with Crippen molar-refractivity contribution < 1.29 is 9.53 Å². The van der Waals surface area contributed by atoms with Crippen LogP contribution < -0.4 is 0 Å². The second kappa shape index (κ2) is 6.36. The molecule has 0 saturated carbocycles. The molecule has 0 aliphatic carbocycles. The van der Waals surface area contributed by atoms with E-state index in [1.165, 1.54) is 20.0 Å². The van der Waals surface area contributed by atoms with E-state index in [9.17, 15) is 4.79 Å². The molecule has 100 valence electrons. The number of ether oxygens (including phenoxy) is 1. The van der Waals surface area contributed by atoms with Crippen molar-refractivity contribution in [3.8, 4) is 0 Å². The number of likely N-dealkylation sites (N-methyl/N-ethyl adjacent to an activating group) is 1. The molecule has 0 bridgehead atoms. The molecule has 0 radical (unpaired) electrons. The van der Waals surface area contributed by atoms with Crippen LogP contribution in [0.1, 0.15) is 26.7 Å². The molecule has 1 saturated heterocycles. The van der Waals surface area contributed by atoms with E-state index in [0.717, 1.165) is 13.1 Å². The van der Waals surface area contributed by atoms with Gasteiger partial charge in [-0.15, -0.1) is 0 Å². The Morgan fingerprint density at radius 1 is 1.41 bits per heavy atom. The first-order valence-corrected chi connectivity index (χ1v) is 6.45. The molecule has 1 heterocycles. The van der Waals surface area contributed by atoms with Crippen LogP contribution in [-0.2, 0) is 9.53 Å². The third-order valence-electron chi connectivity index (χ3n) is 4.03. The number of hydrogen-bond acceptors (Lipinski definition) is 4. The second-order valence-electron chi connectivity index (χ2n) is 5.31. The lowest BCUT2D eigenvalue weighted by Gasteiger charge is -2.40. The number of esters is 1. The third-order valence-corrected chi connectivity index (χ3v) is 4.03. The van der Waals surface area contributed by atoms with Crippen LogP contribution in [0.4, 0.5) is 0 Å². The Morgan fingerprint density at radius 3 is 2.59 bits per heavy atom. The molecule has 4 nitrogen and oxygen atoms in total. The van der Waals surface area contributed by atoms with Crippen molar-refractivity contribution >= 4 is 5.97 Å². The lowest BCUT2D eigenvalue weighted by atomic mass is 9.97. The zero-order valence-electron chi connectivity index (χ0n) is 11.8. The number of carbonyl (C=O) groups excluding carboxylic acids is 1. The molecular weight excluding hydrogens is 216 g/mol. The second-order valence-corrected chi connectivity index (χ2v) is 5.31. The summed E-state index contributed by atoms with van der Waals surface area (Å²) in [5, 5.41) is 0. The summed E-state index contributed by atoms with van der Waals surface area (Å²) in [6.45, 7) is 6.22. The highest BCUT2D eigenvalue weighted by molar-refractivity contribution is 5.72. The van der Waals surface area contributed by atoms with Gasteiger partial charge in [-0.05, 0) is 40.4 Å². The van der Waals surface area contributed by atoms with Gasteiger partial charge in [-0.3, -0.25) is 9.69 Å².